The van der Waals surface area contributed by atoms with Crippen LogP contribution in [0.25, 0.3) is 0 Å². The minimum Gasteiger partial charge on any atom is -0.361 e. The Hall–Kier alpha value is -1.23. The van der Waals surface area contributed by atoms with E-state index in [0.717, 1.165) is 43.5 Å². The van der Waals surface area contributed by atoms with E-state index in [1.807, 2.05) is 18.2 Å². The summed E-state index contributed by atoms with van der Waals surface area (Å²) in [6.07, 6.45) is 2.87. The van der Waals surface area contributed by atoms with Crippen molar-refractivity contribution in [3.8, 4) is 0 Å². The quantitative estimate of drug-likeness (QED) is 0.866. The largest absolute Gasteiger partial charge is 0.361 e. The number of carbonyl (C=O) groups is 1. The normalized spacial score (nSPS) is 28.8. The van der Waals surface area contributed by atoms with Gasteiger partial charge in [0, 0.05) is 17.7 Å². The number of hydrogen-bond acceptors (Lipinski definition) is 4. The Morgan fingerprint density at radius 2 is 2.33 bits per heavy atom. The highest BCUT2D eigenvalue weighted by atomic mass is 16.6. The number of nitrogens with zero attached hydrogens (tertiary/aromatic N) is 1. The first-order chi connectivity index (χ1) is 10.1. The van der Waals surface area contributed by atoms with E-state index in [1.54, 1.807) is 6.92 Å². The van der Waals surface area contributed by atoms with E-state index in [0.29, 0.717) is 12.2 Å². The van der Waals surface area contributed by atoms with Crippen LogP contribution in [0.3, 0.4) is 0 Å². The van der Waals surface area contributed by atoms with Crippen LogP contribution in [-0.4, -0.2) is 41.5 Å². The van der Waals surface area contributed by atoms with Gasteiger partial charge in [0.2, 0.25) is 5.79 Å². The molecule has 2 atom stereocenters. The van der Waals surface area contributed by atoms with Crippen LogP contribution in [0.5, 0.6) is 0 Å². The lowest BCUT2D eigenvalue weighted by Gasteiger charge is -2.49. The van der Waals surface area contributed by atoms with Crippen LogP contribution < -0.4 is 0 Å². The zero-order valence-electron chi connectivity index (χ0n) is 12.8. The Balaban J connectivity index is 2.03. The van der Waals surface area contributed by atoms with Gasteiger partial charge in [0.05, 0.1) is 12.6 Å². The zero-order valence-corrected chi connectivity index (χ0v) is 12.8. The van der Waals surface area contributed by atoms with Gasteiger partial charge in [0.25, 0.3) is 0 Å². The summed E-state index contributed by atoms with van der Waals surface area (Å²) in [5, 5.41) is 11.2. The third kappa shape index (κ3) is 2.41. The summed E-state index contributed by atoms with van der Waals surface area (Å²) < 4.78 is 5.81. The van der Waals surface area contributed by atoms with Gasteiger partial charge < -0.3 is 9.84 Å². The fraction of sp³-hybridized carbons (Fsp3) is 0.588. The maximum Gasteiger partial charge on any atom is 0.208 e. The first-order valence-corrected chi connectivity index (χ1v) is 7.81. The van der Waals surface area contributed by atoms with Crippen molar-refractivity contribution in [2.75, 3.05) is 19.7 Å². The van der Waals surface area contributed by atoms with Crippen molar-refractivity contribution in [3.05, 3.63) is 34.9 Å². The Bertz CT molecular complexity index is 555. The molecule has 0 radical (unpaired) electrons. The monoisotopic (exact) mass is 289 g/mol. The SMILES string of the molecule is CCCN1CCOC2(O)c3cc(C(C)=O)ccc3CCC12. The number of aliphatic hydroxyl groups is 1. The molecule has 1 aliphatic heterocycles. The van der Waals surface area contributed by atoms with Crippen molar-refractivity contribution >= 4 is 5.78 Å². The van der Waals surface area contributed by atoms with Gasteiger partial charge in [0.1, 0.15) is 0 Å². The van der Waals surface area contributed by atoms with Gasteiger partial charge in [-0.25, -0.2) is 0 Å². The van der Waals surface area contributed by atoms with Crippen LogP contribution in [0.1, 0.15) is 48.2 Å². The van der Waals surface area contributed by atoms with Crippen molar-refractivity contribution in [2.24, 2.45) is 0 Å². The lowest BCUT2D eigenvalue weighted by molar-refractivity contribution is -0.283. The Kier molecular flexibility index (Phi) is 3.86. The molecule has 1 heterocycles. The van der Waals surface area contributed by atoms with Crippen LogP contribution in [0, 0.1) is 0 Å². The number of ketones is 1. The van der Waals surface area contributed by atoms with Crippen LogP contribution >= 0.6 is 0 Å². The van der Waals surface area contributed by atoms with E-state index in [4.69, 9.17) is 4.74 Å². The van der Waals surface area contributed by atoms with Gasteiger partial charge in [-0.15, -0.1) is 0 Å². The number of Topliss-reactive ketones (excluding diaryl/α,β-unsaturated/α-hetero) is 1. The second-order valence-corrected chi connectivity index (χ2v) is 6.06. The molecule has 1 aromatic rings. The maximum atomic E-state index is 11.6. The van der Waals surface area contributed by atoms with Crippen LogP contribution in [0.15, 0.2) is 18.2 Å². The molecule has 4 heteroatoms. The molecular formula is C17H23NO3. The molecule has 1 aliphatic carbocycles. The van der Waals surface area contributed by atoms with Gasteiger partial charge in [0.15, 0.2) is 5.78 Å². The highest BCUT2D eigenvalue weighted by molar-refractivity contribution is 5.94. The first kappa shape index (κ1) is 14.7. The number of hydrogen-bond donors (Lipinski definition) is 1. The van der Waals surface area contributed by atoms with Crippen molar-refractivity contribution in [1.82, 2.24) is 4.90 Å². The molecule has 2 unspecified atom stereocenters. The number of aryl methyl sites for hydroxylation is 1. The molecule has 1 aromatic carbocycles. The van der Waals surface area contributed by atoms with E-state index in [2.05, 4.69) is 11.8 Å². The minimum atomic E-state index is -1.27. The van der Waals surface area contributed by atoms with E-state index in [-0.39, 0.29) is 11.8 Å². The number of morpholine rings is 1. The van der Waals surface area contributed by atoms with Crippen LogP contribution in [-0.2, 0) is 16.9 Å². The maximum absolute atomic E-state index is 11.6. The molecular weight excluding hydrogens is 266 g/mol. The van der Waals surface area contributed by atoms with E-state index in [9.17, 15) is 9.90 Å². The molecule has 21 heavy (non-hydrogen) atoms. The third-order valence-electron chi connectivity index (χ3n) is 4.69. The van der Waals surface area contributed by atoms with E-state index < -0.39 is 5.79 Å². The van der Waals surface area contributed by atoms with Gasteiger partial charge in [-0.3, -0.25) is 9.69 Å². The molecule has 1 fully saturated rings. The molecule has 0 bridgehead atoms. The van der Waals surface area contributed by atoms with Crippen LogP contribution in [0.2, 0.25) is 0 Å². The van der Waals surface area contributed by atoms with Gasteiger partial charge in [-0.1, -0.05) is 19.1 Å². The fourth-order valence-electron chi connectivity index (χ4n) is 3.65. The molecule has 0 amide bonds. The number of benzene rings is 1. The topological polar surface area (TPSA) is 49.8 Å². The molecule has 0 aromatic heterocycles. The Morgan fingerprint density at radius 3 is 3.05 bits per heavy atom. The summed E-state index contributed by atoms with van der Waals surface area (Å²) >= 11 is 0. The summed E-state index contributed by atoms with van der Waals surface area (Å²) in [7, 11) is 0. The molecule has 4 nitrogen and oxygen atoms in total. The van der Waals surface area contributed by atoms with Gasteiger partial charge in [-0.05, 0) is 44.4 Å². The minimum absolute atomic E-state index is 0.0130. The third-order valence-corrected chi connectivity index (χ3v) is 4.69. The number of fused-ring (bicyclic) bond motifs is 3. The molecule has 1 saturated heterocycles. The summed E-state index contributed by atoms with van der Waals surface area (Å²) in [4.78, 5) is 14.0. The van der Waals surface area contributed by atoms with Crippen molar-refractivity contribution < 1.29 is 14.6 Å². The van der Waals surface area contributed by atoms with Gasteiger partial charge >= 0.3 is 0 Å². The standard InChI is InChI=1S/C17H23NO3/c1-3-8-18-9-10-21-17(20)15-11-14(12(2)19)5-4-13(15)6-7-16(17)18/h4-5,11,16,20H,3,6-10H2,1-2H3. The lowest BCUT2D eigenvalue weighted by Crippen LogP contribution is -2.60. The predicted octanol–water partition coefficient (Wildman–Crippen LogP) is 2.09. The molecule has 3 rings (SSSR count). The van der Waals surface area contributed by atoms with Crippen molar-refractivity contribution in [3.63, 3.8) is 0 Å². The molecule has 0 saturated carbocycles. The number of ether oxygens (including phenoxy) is 1. The molecule has 114 valence electrons. The van der Waals surface area contributed by atoms with Gasteiger partial charge in [-0.2, -0.15) is 0 Å². The summed E-state index contributed by atoms with van der Waals surface area (Å²) in [6, 6.07) is 5.61. The fourth-order valence-corrected chi connectivity index (χ4v) is 3.65. The Labute approximate surface area is 125 Å². The predicted molar refractivity (Wildman–Crippen MR) is 80.3 cm³/mol. The summed E-state index contributed by atoms with van der Waals surface area (Å²) in [6.45, 7) is 6.06. The smallest absolute Gasteiger partial charge is 0.208 e. The second kappa shape index (κ2) is 5.52. The average molecular weight is 289 g/mol. The van der Waals surface area contributed by atoms with Crippen LogP contribution in [0.4, 0.5) is 0 Å². The van der Waals surface area contributed by atoms with E-state index >= 15 is 0 Å². The number of rotatable bonds is 3. The lowest BCUT2D eigenvalue weighted by atomic mass is 9.80. The highest BCUT2D eigenvalue weighted by Crippen LogP contribution is 2.41. The highest BCUT2D eigenvalue weighted by Gasteiger charge is 2.49. The molecule has 0 spiro atoms. The van der Waals surface area contributed by atoms with Crippen molar-refractivity contribution in [2.45, 2.75) is 44.9 Å². The average Bonchev–Trinajstić information content (AvgIpc) is 2.47. The molecule has 2 aliphatic rings. The zero-order chi connectivity index (χ0) is 15.0. The summed E-state index contributed by atoms with van der Waals surface area (Å²) in [5.41, 5.74) is 2.52. The molecule has 1 N–H and O–H groups in total. The summed E-state index contributed by atoms with van der Waals surface area (Å²) in [5.74, 6) is -1.25. The second-order valence-electron chi connectivity index (χ2n) is 6.06. The number of carbonyl (C=O) groups excluding carboxylic acids is 1. The van der Waals surface area contributed by atoms with Crippen molar-refractivity contribution in [1.29, 1.82) is 0 Å². The Morgan fingerprint density at radius 1 is 1.52 bits per heavy atom. The van der Waals surface area contributed by atoms with E-state index in [1.165, 1.54) is 0 Å². The first-order valence-electron chi connectivity index (χ1n) is 7.81.